The lowest BCUT2D eigenvalue weighted by atomic mass is 9.92. The summed E-state index contributed by atoms with van der Waals surface area (Å²) < 4.78 is 31.4. The monoisotopic (exact) mass is 504 g/mol. The van der Waals surface area contributed by atoms with Crippen LogP contribution in [0.3, 0.4) is 0 Å². The number of nitrogens with zero attached hydrogens (tertiary/aromatic N) is 4. The van der Waals surface area contributed by atoms with E-state index in [2.05, 4.69) is 20.3 Å². The van der Waals surface area contributed by atoms with Crippen molar-refractivity contribution in [2.24, 2.45) is 0 Å². The highest BCUT2D eigenvalue weighted by molar-refractivity contribution is 6.01. The Morgan fingerprint density at radius 1 is 1.16 bits per heavy atom. The topological polar surface area (TPSA) is 98.5 Å². The SMILES string of the molecule is CC.Cc1ccc(Nc2c(C(=O)N3CC(O)(c4nc5ccccc5[nH]4)C3)cn3ccnc3c2F)c(F)c1. The third-order valence-electron chi connectivity index (χ3n) is 6.26. The first-order valence-electron chi connectivity index (χ1n) is 12.0. The number of hydrogen-bond donors (Lipinski definition) is 3. The zero-order valence-corrected chi connectivity index (χ0v) is 20.6. The first-order chi connectivity index (χ1) is 17.8. The number of amides is 1. The molecule has 10 heteroatoms. The number of aliphatic hydroxyl groups is 1. The van der Waals surface area contributed by atoms with Gasteiger partial charge in [0.15, 0.2) is 17.1 Å². The number of carbonyl (C=O) groups excluding carboxylic acids is 1. The van der Waals surface area contributed by atoms with E-state index in [1.165, 1.54) is 40.0 Å². The second-order valence-electron chi connectivity index (χ2n) is 8.79. The number of anilines is 2. The second-order valence-corrected chi connectivity index (χ2v) is 8.79. The molecule has 2 aromatic carbocycles. The Morgan fingerprint density at radius 2 is 1.92 bits per heavy atom. The number of benzene rings is 2. The first-order valence-corrected chi connectivity index (χ1v) is 12.0. The van der Waals surface area contributed by atoms with Crippen molar-refractivity contribution >= 4 is 34.0 Å². The van der Waals surface area contributed by atoms with Crippen molar-refractivity contribution in [3.05, 3.63) is 89.6 Å². The van der Waals surface area contributed by atoms with Gasteiger partial charge in [-0.3, -0.25) is 4.79 Å². The van der Waals surface area contributed by atoms with Crippen LogP contribution in [0.5, 0.6) is 0 Å². The van der Waals surface area contributed by atoms with Crippen LogP contribution in [0.1, 0.15) is 35.6 Å². The minimum absolute atomic E-state index is 0.000963. The van der Waals surface area contributed by atoms with Crippen molar-refractivity contribution < 1.29 is 18.7 Å². The van der Waals surface area contributed by atoms with Crippen molar-refractivity contribution in [3.63, 3.8) is 0 Å². The molecule has 6 rings (SSSR count). The fourth-order valence-electron chi connectivity index (χ4n) is 4.38. The number of rotatable bonds is 4. The van der Waals surface area contributed by atoms with E-state index >= 15 is 4.39 Å². The van der Waals surface area contributed by atoms with E-state index in [9.17, 15) is 14.3 Å². The molecule has 8 nitrogen and oxygen atoms in total. The van der Waals surface area contributed by atoms with Crippen molar-refractivity contribution in [2.75, 3.05) is 18.4 Å². The Kier molecular flexibility index (Phi) is 6.12. The first kappa shape index (κ1) is 24.4. The Morgan fingerprint density at radius 3 is 2.65 bits per heavy atom. The van der Waals surface area contributed by atoms with Crippen LogP contribution in [-0.4, -0.2) is 48.4 Å². The molecule has 1 aliphatic heterocycles. The number of aromatic amines is 1. The highest BCUT2D eigenvalue weighted by Crippen LogP contribution is 2.35. The minimum atomic E-state index is -1.36. The number of β-amino-alcohol motifs (C(OH)–C–C–N with tert-alkyl or cyclic N) is 1. The molecule has 0 spiro atoms. The zero-order chi connectivity index (χ0) is 26.3. The minimum Gasteiger partial charge on any atom is -0.378 e. The number of aryl methyl sites for hydroxylation is 1. The van der Waals surface area contributed by atoms with Gasteiger partial charge in [-0.15, -0.1) is 0 Å². The summed E-state index contributed by atoms with van der Waals surface area (Å²) in [7, 11) is 0. The number of fused-ring (bicyclic) bond motifs is 2. The van der Waals surface area contributed by atoms with E-state index in [4.69, 9.17) is 0 Å². The highest BCUT2D eigenvalue weighted by atomic mass is 19.1. The number of hydrogen-bond acceptors (Lipinski definition) is 5. The number of aromatic nitrogens is 4. The number of halogens is 2. The van der Waals surface area contributed by atoms with Gasteiger partial charge in [0, 0.05) is 18.6 Å². The van der Waals surface area contributed by atoms with E-state index in [0.717, 1.165) is 5.52 Å². The fraction of sp³-hybridized carbons (Fsp3) is 0.222. The molecule has 0 saturated carbocycles. The Bertz CT molecular complexity index is 1590. The summed E-state index contributed by atoms with van der Waals surface area (Å²) in [6, 6.07) is 11.9. The van der Waals surface area contributed by atoms with Gasteiger partial charge in [0.2, 0.25) is 0 Å². The molecule has 190 valence electrons. The van der Waals surface area contributed by atoms with Crippen LogP contribution in [0.15, 0.2) is 61.1 Å². The van der Waals surface area contributed by atoms with Crippen molar-refractivity contribution in [1.82, 2.24) is 24.3 Å². The van der Waals surface area contributed by atoms with Crippen molar-refractivity contribution in [1.29, 1.82) is 0 Å². The Hall–Kier alpha value is -4.31. The van der Waals surface area contributed by atoms with Gasteiger partial charge in [0.05, 0.1) is 41.1 Å². The molecule has 0 unspecified atom stereocenters. The summed E-state index contributed by atoms with van der Waals surface area (Å²) >= 11 is 0. The van der Waals surface area contributed by atoms with Gasteiger partial charge in [-0.2, -0.15) is 0 Å². The fourth-order valence-corrected chi connectivity index (χ4v) is 4.38. The van der Waals surface area contributed by atoms with Gasteiger partial charge < -0.3 is 24.7 Å². The summed E-state index contributed by atoms with van der Waals surface area (Å²) in [5, 5.41) is 13.8. The summed E-state index contributed by atoms with van der Waals surface area (Å²) in [6.45, 7) is 5.67. The molecule has 0 atom stereocenters. The maximum absolute atomic E-state index is 15.4. The quantitative estimate of drug-likeness (QED) is 0.323. The van der Waals surface area contributed by atoms with Gasteiger partial charge in [-0.25, -0.2) is 18.7 Å². The molecule has 1 amide bonds. The van der Waals surface area contributed by atoms with E-state index < -0.39 is 23.1 Å². The molecule has 3 aromatic heterocycles. The van der Waals surface area contributed by atoms with Crippen LogP contribution in [0.4, 0.5) is 20.2 Å². The van der Waals surface area contributed by atoms with Crippen LogP contribution >= 0.6 is 0 Å². The number of para-hydroxylation sites is 2. The summed E-state index contributed by atoms with van der Waals surface area (Å²) in [5.41, 5.74) is 0.665. The smallest absolute Gasteiger partial charge is 0.257 e. The third-order valence-corrected chi connectivity index (χ3v) is 6.26. The third kappa shape index (κ3) is 4.19. The van der Waals surface area contributed by atoms with Gasteiger partial charge in [0.1, 0.15) is 11.6 Å². The molecule has 1 aliphatic rings. The van der Waals surface area contributed by atoms with Crippen LogP contribution in [-0.2, 0) is 5.60 Å². The van der Waals surface area contributed by atoms with E-state index in [1.807, 2.05) is 38.1 Å². The van der Waals surface area contributed by atoms with Gasteiger partial charge in [-0.05, 0) is 36.8 Å². The molecule has 1 saturated heterocycles. The predicted octanol–water partition coefficient (Wildman–Crippen LogP) is 4.91. The van der Waals surface area contributed by atoms with Gasteiger partial charge >= 0.3 is 0 Å². The molecule has 3 N–H and O–H groups in total. The predicted molar refractivity (Wildman–Crippen MR) is 137 cm³/mol. The number of imidazole rings is 2. The largest absolute Gasteiger partial charge is 0.378 e. The standard InChI is InChI=1S/C25H20F2N6O2.C2H6/c1-14-6-7-17(16(26)10-14)29-21-15(11-32-9-8-28-22(32)20(21)27)23(34)33-12-25(35,13-33)24-30-18-4-2-3-5-19(18)31-24;1-2/h2-11,29,35H,12-13H2,1H3,(H,30,31);1-2H3. The molecule has 0 radical (unpaired) electrons. The van der Waals surface area contributed by atoms with Gasteiger partial charge in [0.25, 0.3) is 5.91 Å². The Balaban J connectivity index is 0.00000137. The summed E-state index contributed by atoms with van der Waals surface area (Å²) in [5.74, 6) is -1.52. The number of pyridine rings is 1. The molecule has 0 bridgehead atoms. The maximum atomic E-state index is 15.4. The second kappa shape index (κ2) is 9.29. The van der Waals surface area contributed by atoms with E-state index in [-0.39, 0.29) is 35.7 Å². The molecule has 1 fully saturated rings. The normalized spacial score (nSPS) is 14.3. The zero-order valence-electron chi connectivity index (χ0n) is 20.6. The van der Waals surface area contributed by atoms with Crippen LogP contribution in [0.25, 0.3) is 16.7 Å². The van der Waals surface area contributed by atoms with Crippen LogP contribution < -0.4 is 5.32 Å². The highest BCUT2D eigenvalue weighted by Gasteiger charge is 2.48. The molecule has 37 heavy (non-hydrogen) atoms. The summed E-state index contributed by atoms with van der Waals surface area (Å²) in [6.07, 6.45) is 4.37. The number of carbonyl (C=O) groups is 1. The van der Waals surface area contributed by atoms with E-state index in [0.29, 0.717) is 16.9 Å². The van der Waals surface area contributed by atoms with Crippen molar-refractivity contribution in [2.45, 2.75) is 26.4 Å². The maximum Gasteiger partial charge on any atom is 0.257 e. The van der Waals surface area contributed by atoms with Crippen LogP contribution in [0, 0.1) is 18.6 Å². The van der Waals surface area contributed by atoms with E-state index in [1.54, 1.807) is 13.0 Å². The number of nitrogens with one attached hydrogen (secondary N) is 2. The molecular weight excluding hydrogens is 478 g/mol. The number of H-pyrrole nitrogens is 1. The molecular formula is C27H26F2N6O2. The average Bonchev–Trinajstić information content (AvgIpc) is 3.53. The van der Waals surface area contributed by atoms with Crippen LogP contribution in [0.2, 0.25) is 0 Å². The number of likely N-dealkylation sites (tertiary alicyclic amines) is 1. The van der Waals surface area contributed by atoms with Crippen molar-refractivity contribution in [3.8, 4) is 0 Å². The lowest BCUT2D eigenvalue weighted by Gasteiger charge is -2.45. The molecule has 4 heterocycles. The van der Waals surface area contributed by atoms with Gasteiger partial charge in [-0.1, -0.05) is 32.0 Å². The molecule has 5 aromatic rings. The molecule has 0 aliphatic carbocycles. The lowest BCUT2D eigenvalue weighted by Crippen LogP contribution is -2.61. The Labute approximate surface area is 211 Å². The summed E-state index contributed by atoms with van der Waals surface area (Å²) in [4.78, 5) is 26.4. The average molecular weight is 505 g/mol. The lowest BCUT2D eigenvalue weighted by molar-refractivity contribution is -0.0916.